The summed E-state index contributed by atoms with van der Waals surface area (Å²) in [5.74, 6) is -0.199. The molecule has 1 aliphatic heterocycles. The summed E-state index contributed by atoms with van der Waals surface area (Å²) in [6.07, 6.45) is 1.05. The molecule has 1 heterocycles. The number of halogens is 2. The van der Waals surface area contributed by atoms with E-state index in [1.165, 1.54) is 12.1 Å². The maximum absolute atomic E-state index is 13.4. The molecule has 30 heavy (non-hydrogen) atoms. The number of allylic oxidation sites excluding steroid dienone is 1. The summed E-state index contributed by atoms with van der Waals surface area (Å²) in [7, 11) is 0. The number of nitrogens with one attached hydrogen (secondary N) is 2. The van der Waals surface area contributed by atoms with Gasteiger partial charge in [-0.15, -0.1) is 0 Å². The normalized spacial score (nSPS) is 20.5. The standard InChI is InChI=1S/C25H20ClFN2O/c26-19-6-2-1-5-18(19)25-24-22(28-20-7-3-4-8-21(20)29-25)13-16(14-23(24)30)15-9-11-17(27)12-10-15/h1-12,16,25,28-29H,13-14H2. The van der Waals surface area contributed by atoms with Crippen molar-refractivity contribution in [2.45, 2.75) is 24.8 Å². The molecule has 3 aromatic rings. The molecule has 1 aliphatic carbocycles. The van der Waals surface area contributed by atoms with E-state index in [9.17, 15) is 9.18 Å². The van der Waals surface area contributed by atoms with Gasteiger partial charge in [-0.05, 0) is 53.8 Å². The number of benzene rings is 3. The highest BCUT2D eigenvalue weighted by Crippen LogP contribution is 2.45. The number of anilines is 2. The van der Waals surface area contributed by atoms with Gasteiger partial charge in [-0.3, -0.25) is 4.79 Å². The molecule has 2 atom stereocenters. The van der Waals surface area contributed by atoms with Gasteiger partial charge in [0.2, 0.25) is 0 Å². The second-order valence-electron chi connectivity index (χ2n) is 7.74. The van der Waals surface area contributed by atoms with Gasteiger partial charge in [0.1, 0.15) is 5.82 Å². The molecule has 0 amide bonds. The molecule has 2 N–H and O–H groups in total. The number of hydrogen-bond donors (Lipinski definition) is 2. The van der Waals surface area contributed by atoms with Gasteiger partial charge in [-0.2, -0.15) is 0 Å². The first-order valence-electron chi connectivity index (χ1n) is 9.99. The fraction of sp³-hybridized carbons (Fsp3) is 0.160. The van der Waals surface area contributed by atoms with Gasteiger partial charge in [0.15, 0.2) is 5.78 Å². The second kappa shape index (κ2) is 7.62. The molecule has 2 aliphatic rings. The summed E-state index contributed by atoms with van der Waals surface area (Å²) in [5.41, 5.74) is 5.30. The highest BCUT2D eigenvalue weighted by molar-refractivity contribution is 6.31. The minimum absolute atomic E-state index is 0.00140. The van der Waals surface area contributed by atoms with Crippen molar-refractivity contribution in [3.05, 3.63) is 106 Å². The molecule has 0 radical (unpaired) electrons. The molecule has 0 saturated carbocycles. The lowest BCUT2D eigenvalue weighted by Crippen LogP contribution is -2.27. The van der Waals surface area contributed by atoms with Gasteiger partial charge in [0.05, 0.1) is 17.4 Å². The van der Waals surface area contributed by atoms with E-state index in [4.69, 9.17) is 11.6 Å². The third-order valence-corrected chi connectivity index (χ3v) is 6.21. The van der Waals surface area contributed by atoms with Crippen LogP contribution in [0.1, 0.15) is 35.9 Å². The van der Waals surface area contributed by atoms with Crippen LogP contribution in [0.15, 0.2) is 84.1 Å². The van der Waals surface area contributed by atoms with Crippen molar-refractivity contribution in [1.29, 1.82) is 0 Å². The highest BCUT2D eigenvalue weighted by atomic mass is 35.5. The minimum Gasteiger partial charge on any atom is -0.372 e. The molecule has 0 saturated heterocycles. The topological polar surface area (TPSA) is 41.1 Å². The van der Waals surface area contributed by atoms with Crippen molar-refractivity contribution in [1.82, 2.24) is 0 Å². The van der Waals surface area contributed by atoms with E-state index in [-0.39, 0.29) is 23.6 Å². The van der Waals surface area contributed by atoms with Crippen LogP contribution in [0.4, 0.5) is 15.8 Å². The molecule has 5 rings (SSSR count). The zero-order valence-electron chi connectivity index (χ0n) is 16.2. The first-order chi connectivity index (χ1) is 14.6. The van der Waals surface area contributed by atoms with Gasteiger partial charge in [0, 0.05) is 22.7 Å². The maximum atomic E-state index is 13.4. The highest BCUT2D eigenvalue weighted by Gasteiger charge is 2.36. The number of Topliss-reactive ketones (excluding diaryl/α,β-unsaturated/α-hetero) is 1. The number of carbonyl (C=O) groups is 1. The van der Waals surface area contributed by atoms with E-state index in [0.717, 1.165) is 33.8 Å². The summed E-state index contributed by atoms with van der Waals surface area (Å²) in [6, 6.07) is 21.6. The lowest BCUT2D eigenvalue weighted by atomic mass is 9.78. The van der Waals surface area contributed by atoms with E-state index >= 15 is 0 Å². The molecule has 0 aromatic heterocycles. The second-order valence-corrected chi connectivity index (χ2v) is 8.15. The Labute approximate surface area is 179 Å². The molecular formula is C25H20ClFN2O. The smallest absolute Gasteiger partial charge is 0.163 e. The molecule has 5 heteroatoms. The Kier molecular flexibility index (Phi) is 4.80. The van der Waals surface area contributed by atoms with Crippen molar-refractivity contribution in [3.8, 4) is 0 Å². The third kappa shape index (κ3) is 3.37. The van der Waals surface area contributed by atoms with E-state index in [1.54, 1.807) is 12.1 Å². The summed E-state index contributed by atoms with van der Waals surface area (Å²) in [5, 5.41) is 7.65. The molecular weight excluding hydrogens is 399 g/mol. The molecule has 3 aromatic carbocycles. The Balaban J connectivity index is 1.62. The molecule has 0 fully saturated rings. The van der Waals surface area contributed by atoms with Crippen molar-refractivity contribution < 1.29 is 9.18 Å². The van der Waals surface area contributed by atoms with Gasteiger partial charge in [0.25, 0.3) is 0 Å². The number of hydrogen-bond acceptors (Lipinski definition) is 3. The van der Waals surface area contributed by atoms with Crippen LogP contribution in [0.3, 0.4) is 0 Å². The number of rotatable bonds is 2. The fourth-order valence-electron chi connectivity index (χ4n) is 4.41. The third-order valence-electron chi connectivity index (χ3n) is 5.87. The fourth-order valence-corrected chi connectivity index (χ4v) is 4.65. The number of ketones is 1. The first-order valence-corrected chi connectivity index (χ1v) is 10.4. The predicted octanol–water partition coefficient (Wildman–Crippen LogP) is 6.46. The number of carbonyl (C=O) groups excluding carboxylic acids is 1. The van der Waals surface area contributed by atoms with Crippen LogP contribution < -0.4 is 10.6 Å². The van der Waals surface area contributed by atoms with Crippen molar-refractivity contribution in [2.75, 3.05) is 10.6 Å². The van der Waals surface area contributed by atoms with Crippen LogP contribution in [0, 0.1) is 5.82 Å². The lowest BCUT2D eigenvalue weighted by molar-refractivity contribution is -0.116. The average molecular weight is 419 g/mol. The van der Waals surface area contributed by atoms with E-state index in [1.807, 2.05) is 48.5 Å². The Bertz CT molecular complexity index is 1160. The Morgan fingerprint density at radius 3 is 2.33 bits per heavy atom. The largest absolute Gasteiger partial charge is 0.372 e. The van der Waals surface area contributed by atoms with Crippen LogP contribution in [-0.4, -0.2) is 5.78 Å². The summed E-state index contributed by atoms with van der Waals surface area (Å²) >= 11 is 6.53. The maximum Gasteiger partial charge on any atom is 0.163 e. The summed E-state index contributed by atoms with van der Waals surface area (Å²) < 4.78 is 13.4. The van der Waals surface area contributed by atoms with Crippen LogP contribution in [-0.2, 0) is 4.79 Å². The molecule has 3 nitrogen and oxygen atoms in total. The zero-order chi connectivity index (χ0) is 20.7. The first kappa shape index (κ1) is 18.9. The Hall–Kier alpha value is -3.11. The van der Waals surface area contributed by atoms with Crippen molar-refractivity contribution in [3.63, 3.8) is 0 Å². The van der Waals surface area contributed by atoms with E-state index in [0.29, 0.717) is 17.9 Å². The van der Waals surface area contributed by atoms with Gasteiger partial charge < -0.3 is 10.6 Å². The minimum atomic E-state index is -0.341. The van der Waals surface area contributed by atoms with E-state index in [2.05, 4.69) is 10.6 Å². The Morgan fingerprint density at radius 1 is 0.867 bits per heavy atom. The van der Waals surface area contributed by atoms with Crippen LogP contribution >= 0.6 is 11.6 Å². The number of para-hydroxylation sites is 2. The lowest BCUT2D eigenvalue weighted by Gasteiger charge is -2.30. The SMILES string of the molecule is O=C1CC(c2ccc(F)cc2)CC2=C1C(c1ccccc1Cl)Nc1ccccc1N2. The van der Waals surface area contributed by atoms with E-state index < -0.39 is 0 Å². The van der Waals surface area contributed by atoms with Crippen molar-refractivity contribution in [2.24, 2.45) is 0 Å². The monoisotopic (exact) mass is 418 g/mol. The Morgan fingerprint density at radius 2 is 1.57 bits per heavy atom. The average Bonchev–Trinajstić information content (AvgIpc) is 2.91. The molecule has 2 unspecified atom stereocenters. The zero-order valence-corrected chi connectivity index (χ0v) is 16.9. The van der Waals surface area contributed by atoms with Gasteiger partial charge in [-0.1, -0.05) is 54.1 Å². The van der Waals surface area contributed by atoms with Gasteiger partial charge >= 0.3 is 0 Å². The predicted molar refractivity (Wildman–Crippen MR) is 118 cm³/mol. The van der Waals surface area contributed by atoms with Crippen LogP contribution in [0.5, 0.6) is 0 Å². The van der Waals surface area contributed by atoms with Crippen molar-refractivity contribution >= 4 is 28.8 Å². The molecule has 0 spiro atoms. The molecule has 150 valence electrons. The van der Waals surface area contributed by atoms with Gasteiger partial charge in [-0.25, -0.2) is 4.39 Å². The van der Waals surface area contributed by atoms with Crippen LogP contribution in [0.2, 0.25) is 5.02 Å². The van der Waals surface area contributed by atoms with Crippen LogP contribution in [0.25, 0.3) is 0 Å². The molecule has 0 bridgehead atoms. The summed E-state index contributed by atoms with van der Waals surface area (Å²) in [6.45, 7) is 0. The number of fused-ring (bicyclic) bond motifs is 1. The quantitative estimate of drug-likeness (QED) is 0.501. The summed E-state index contributed by atoms with van der Waals surface area (Å²) in [4.78, 5) is 13.4.